The molecule has 1 amide bonds. The predicted molar refractivity (Wildman–Crippen MR) is 89.9 cm³/mol. The molecule has 7 nitrogen and oxygen atoms in total. The highest BCUT2D eigenvalue weighted by atomic mass is 32.2. The number of anilines is 1. The Kier molecular flexibility index (Phi) is 5.69. The minimum absolute atomic E-state index is 0.0779. The zero-order chi connectivity index (χ0) is 16.9. The zero-order valence-corrected chi connectivity index (χ0v) is 14.2. The van der Waals surface area contributed by atoms with Gasteiger partial charge >= 0.3 is 0 Å². The number of sulfonamides is 1. The van der Waals surface area contributed by atoms with E-state index in [0.717, 1.165) is 16.4 Å². The molecule has 0 spiro atoms. The van der Waals surface area contributed by atoms with E-state index in [0.29, 0.717) is 13.0 Å². The highest BCUT2D eigenvalue weighted by Crippen LogP contribution is 2.14. The van der Waals surface area contributed by atoms with Crippen molar-refractivity contribution in [3.63, 3.8) is 0 Å². The third-order valence-corrected chi connectivity index (χ3v) is 4.93. The van der Waals surface area contributed by atoms with Crippen molar-refractivity contribution in [1.82, 2.24) is 10.3 Å². The molecule has 0 atom stereocenters. The minimum atomic E-state index is -3.67. The van der Waals surface area contributed by atoms with Gasteiger partial charge in [-0.3, -0.25) is 4.79 Å². The van der Waals surface area contributed by atoms with E-state index in [1.165, 1.54) is 23.5 Å². The fourth-order valence-electron chi connectivity index (χ4n) is 1.92. The van der Waals surface area contributed by atoms with Crippen molar-refractivity contribution in [2.45, 2.75) is 17.7 Å². The summed E-state index contributed by atoms with van der Waals surface area (Å²) >= 11 is 1.45. The van der Waals surface area contributed by atoms with Gasteiger partial charge in [-0.05, 0) is 24.1 Å². The number of amides is 1. The molecule has 2 aromatic rings. The number of nitrogens with one attached hydrogen (secondary N) is 2. The van der Waals surface area contributed by atoms with Crippen LogP contribution in [0.3, 0.4) is 0 Å². The van der Waals surface area contributed by atoms with Crippen molar-refractivity contribution in [2.75, 3.05) is 18.9 Å². The number of carbonyl (C=O) groups is 1. The van der Waals surface area contributed by atoms with Crippen molar-refractivity contribution in [1.29, 1.82) is 0 Å². The van der Waals surface area contributed by atoms with Gasteiger partial charge < -0.3 is 10.6 Å². The maximum atomic E-state index is 11.8. The second kappa shape index (κ2) is 7.53. The lowest BCUT2D eigenvalue weighted by Gasteiger charge is -2.05. The van der Waals surface area contributed by atoms with E-state index in [2.05, 4.69) is 15.6 Å². The Balaban J connectivity index is 1.79. The zero-order valence-electron chi connectivity index (χ0n) is 12.6. The van der Waals surface area contributed by atoms with E-state index < -0.39 is 10.0 Å². The largest absolute Gasteiger partial charge is 0.365 e. The molecule has 9 heteroatoms. The molecule has 0 aliphatic carbocycles. The number of hydrogen-bond donors (Lipinski definition) is 3. The van der Waals surface area contributed by atoms with E-state index >= 15 is 0 Å². The number of thiazole rings is 1. The summed E-state index contributed by atoms with van der Waals surface area (Å²) in [6, 6.07) is 6.29. The van der Waals surface area contributed by atoms with E-state index in [1.54, 1.807) is 19.2 Å². The molecule has 0 aliphatic rings. The van der Waals surface area contributed by atoms with Crippen LogP contribution in [0.2, 0.25) is 0 Å². The third kappa shape index (κ3) is 5.31. The van der Waals surface area contributed by atoms with E-state index in [9.17, 15) is 13.2 Å². The highest BCUT2D eigenvalue weighted by Gasteiger charge is 2.08. The van der Waals surface area contributed by atoms with Crippen LogP contribution in [0, 0.1) is 0 Å². The smallest absolute Gasteiger partial charge is 0.238 e. The molecular weight excluding hydrogens is 336 g/mol. The molecule has 0 bridgehead atoms. The van der Waals surface area contributed by atoms with Gasteiger partial charge in [0.2, 0.25) is 15.9 Å². The molecular formula is C14H18N4O3S2. The van der Waals surface area contributed by atoms with Crippen molar-refractivity contribution >= 4 is 32.4 Å². The molecule has 23 heavy (non-hydrogen) atoms. The topological polar surface area (TPSA) is 114 Å². The average Bonchev–Trinajstić information content (AvgIpc) is 2.94. The van der Waals surface area contributed by atoms with E-state index in [4.69, 9.17) is 5.14 Å². The third-order valence-electron chi connectivity index (χ3n) is 3.10. The summed E-state index contributed by atoms with van der Waals surface area (Å²) in [7, 11) is -1.89. The summed E-state index contributed by atoms with van der Waals surface area (Å²) in [5.74, 6) is -0.0980. The average molecular weight is 354 g/mol. The summed E-state index contributed by atoms with van der Waals surface area (Å²) < 4.78 is 22.3. The summed E-state index contributed by atoms with van der Waals surface area (Å²) in [5, 5.41) is 13.4. The van der Waals surface area contributed by atoms with Gasteiger partial charge in [0.1, 0.15) is 0 Å². The van der Waals surface area contributed by atoms with Gasteiger partial charge in [-0.15, -0.1) is 11.3 Å². The number of hydrogen-bond acceptors (Lipinski definition) is 6. The molecule has 0 saturated heterocycles. The summed E-state index contributed by atoms with van der Waals surface area (Å²) in [6.45, 7) is 0.469. The first-order valence-corrected chi connectivity index (χ1v) is 9.31. The Labute approximate surface area is 139 Å². The highest BCUT2D eigenvalue weighted by molar-refractivity contribution is 7.89. The van der Waals surface area contributed by atoms with Crippen molar-refractivity contribution in [2.24, 2.45) is 5.14 Å². The Morgan fingerprint density at radius 1 is 1.30 bits per heavy atom. The monoisotopic (exact) mass is 354 g/mol. The maximum absolute atomic E-state index is 11.8. The van der Waals surface area contributed by atoms with E-state index in [1.807, 2.05) is 5.38 Å². The predicted octanol–water partition coefficient (Wildman–Crippen LogP) is 0.734. The standard InChI is InChI=1S/C14H18N4O3S2/c1-16-14-18-11(9-22-14)8-13(19)17-7-6-10-2-4-12(5-3-10)23(15,20)21/h2-5,9H,6-8H2,1H3,(H,16,18)(H,17,19)(H2,15,20,21). The Morgan fingerprint density at radius 3 is 2.57 bits per heavy atom. The van der Waals surface area contributed by atoms with Crippen molar-refractivity contribution in [3.8, 4) is 0 Å². The number of nitrogens with two attached hydrogens (primary N) is 1. The fraction of sp³-hybridized carbons (Fsp3) is 0.286. The van der Waals surface area contributed by atoms with Crippen LogP contribution in [0.25, 0.3) is 0 Å². The fourth-order valence-corrected chi connectivity index (χ4v) is 3.11. The van der Waals surface area contributed by atoms with Crippen LogP contribution in [0.1, 0.15) is 11.3 Å². The second-order valence-electron chi connectivity index (χ2n) is 4.86. The van der Waals surface area contributed by atoms with Crippen LogP contribution in [0.15, 0.2) is 34.5 Å². The number of rotatable bonds is 7. The van der Waals surface area contributed by atoms with Crippen molar-refractivity contribution in [3.05, 3.63) is 40.9 Å². The molecule has 0 saturated carbocycles. The summed E-state index contributed by atoms with van der Waals surface area (Å²) in [4.78, 5) is 16.1. The molecule has 0 radical (unpaired) electrons. The molecule has 1 heterocycles. The van der Waals surface area contributed by atoms with Crippen LogP contribution in [0.4, 0.5) is 5.13 Å². The lowest BCUT2D eigenvalue weighted by Crippen LogP contribution is -2.27. The van der Waals surface area contributed by atoms with Crippen LogP contribution < -0.4 is 15.8 Å². The summed E-state index contributed by atoms with van der Waals surface area (Å²) in [6.07, 6.45) is 0.845. The Bertz CT molecular complexity index is 770. The SMILES string of the molecule is CNc1nc(CC(=O)NCCc2ccc(S(N)(=O)=O)cc2)cs1. The molecule has 2 rings (SSSR count). The maximum Gasteiger partial charge on any atom is 0.238 e. The first-order chi connectivity index (χ1) is 10.9. The molecule has 0 fully saturated rings. The van der Waals surface area contributed by atoms with Gasteiger partial charge in [0, 0.05) is 19.0 Å². The Morgan fingerprint density at radius 2 is 2.00 bits per heavy atom. The normalized spacial score (nSPS) is 11.2. The summed E-state index contributed by atoms with van der Waals surface area (Å²) in [5.41, 5.74) is 1.65. The molecule has 124 valence electrons. The van der Waals surface area contributed by atoms with Gasteiger partial charge in [0.05, 0.1) is 17.0 Å². The second-order valence-corrected chi connectivity index (χ2v) is 7.28. The van der Waals surface area contributed by atoms with Crippen LogP contribution in [-0.2, 0) is 27.7 Å². The number of aromatic nitrogens is 1. The quantitative estimate of drug-likeness (QED) is 0.678. The van der Waals surface area contributed by atoms with E-state index in [-0.39, 0.29) is 17.2 Å². The van der Waals surface area contributed by atoms with Crippen LogP contribution in [0.5, 0.6) is 0 Å². The molecule has 1 aromatic heterocycles. The molecule has 0 aliphatic heterocycles. The van der Waals surface area contributed by atoms with Gasteiger partial charge in [-0.1, -0.05) is 12.1 Å². The number of primary sulfonamides is 1. The molecule has 4 N–H and O–H groups in total. The lowest BCUT2D eigenvalue weighted by atomic mass is 10.1. The van der Waals surface area contributed by atoms with Gasteiger partial charge in [-0.2, -0.15) is 0 Å². The number of benzene rings is 1. The molecule has 1 aromatic carbocycles. The first kappa shape index (κ1) is 17.4. The van der Waals surface area contributed by atoms with Crippen molar-refractivity contribution < 1.29 is 13.2 Å². The van der Waals surface area contributed by atoms with Crippen LogP contribution in [-0.4, -0.2) is 32.9 Å². The van der Waals surface area contributed by atoms with Gasteiger partial charge in [0.15, 0.2) is 5.13 Å². The van der Waals surface area contributed by atoms with Gasteiger partial charge in [0.25, 0.3) is 0 Å². The molecule has 0 unspecified atom stereocenters. The number of nitrogens with zero attached hydrogens (tertiary/aromatic N) is 1. The van der Waals surface area contributed by atoms with Crippen LogP contribution >= 0.6 is 11.3 Å². The Hall–Kier alpha value is -1.97. The van der Waals surface area contributed by atoms with Gasteiger partial charge in [-0.25, -0.2) is 18.5 Å². The lowest BCUT2D eigenvalue weighted by molar-refractivity contribution is -0.120. The minimum Gasteiger partial charge on any atom is -0.365 e. The number of carbonyl (C=O) groups excluding carboxylic acids is 1. The first-order valence-electron chi connectivity index (χ1n) is 6.89.